The molecule has 4 nitrogen and oxygen atoms in total. The summed E-state index contributed by atoms with van der Waals surface area (Å²) in [5.74, 6) is -0.474. The van der Waals surface area contributed by atoms with Gasteiger partial charge in [-0.1, -0.05) is 18.2 Å². The average molecular weight is 297 g/mol. The summed E-state index contributed by atoms with van der Waals surface area (Å²) in [6.07, 6.45) is 2.73. The van der Waals surface area contributed by atoms with Gasteiger partial charge in [0.25, 0.3) is 0 Å². The van der Waals surface area contributed by atoms with Gasteiger partial charge in [-0.25, -0.2) is 4.79 Å². The number of carbonyl (C=O) groups is 1. The van der Waals surface area contributed by atoms with Crippen LogP contribution in [0, 0.1) is 5.21 Å². The fourth-order valence-electron chi connectivity index (χ4n) is 1.95. The number of nitrogens with zero attached hydrogens (tertiary/aromatic N) is 1. The molecule has 0 aliphatic carbocycles. The van der Waals surface area contributed by atoms with E-state index in [1.165, 1.54) is 12.2 Å². The summed E-state index contributed by atoms with van der Waals surface area (Å²) < 4.78 is 5.98. The molecule has 0 spiro atoms. The molecule has 0 unspecified atom stereocenters. The molecule has 0 saturated carbocycles. The Morgan fingerprint density at radius 2 is 1.77 bits per heavy atom. The molecule has 114 valence electrons. The standard InChI is InChI=1S/C18H19NO3/c1-18(2,3)22-17(20)13-12-15-10-7-11-16(19(15)21)14-8-5-4-6-9-14/h4-13H,1-3H3/b13-12+. The third-order valence-electron chi connectivity index (χ3n) is 2.84. The normalized spacial score (nSPS) is 11.6. The average Bonchev–Trinajstić information content (AvgIpc) is 2.45. The lowest BCUT2D eigenvalue weighted by molar-refractivity contribution is -0.595. The Morgan fingerprint density at radius 1 is 1.09 bits per heavy atom. The maximum absolute atomic E-state index is 12.4. The van der Waals surface area contributed by atoms with Crippen molar-refractivity contribution in [3.05, 3.63) is 65.5 Å². The molecule has 2 rings (SSSR count). The maximum atomic E-state index is 12.4. The number of carbonyl (C=O) groups excluding carboxylic acids is 1. The zero-order chi connectivity index (χ0) is 16.2. The molecule has 0 N–H and O–H groups in total. The summed E-state index contributed by atoms with van der Waals surface area (Å²) >= 11 is 0. The zero-order valence-electron chi connectivity index (χ0n) is 12.9. The van der Waals surface area contributed by atoms with Crippen LogP contribution in [0.25, 0.3) is 17.3 Å². The minimum atomic E-state index is -0.555. The molecule has 0 aliphatic rings. The van der Waals surface area contributed by atoms with E-state index in [0.29, 0.717) is 11.4 Å². The van der Waals surface area contributed by atoms with Gasteiger partial charge >= 0.3 is 5.97 Å². The first-order chi connectivity index (χ1) is 10.4. The first-order valence-corrected chi connectivity index (χ1v) is 7.06. The Bertz CT molecular complexity index is 685. The molecule has 1 aromatic heterocycles. The number of esters is 1. The molecule has 0 bridgehead atoms. The van der Waals surface area contributed by atoms with Gasteiger partial charge in [-0.2, -0.15) is 4.73 Å². The Kier molecular flexibility index (Phi) is 4.61. The molecule has 4 heteroatoms. The largest absolute Gasteiger partial charge is 0.618 e. The molecule has 1 aromatic carbocycles. The van der Waals surface area contributed by atoms with Gasteiger partial charge in [0.15, 0.2) is 0 Å². The van der Waals surface area contributed by atoms with Crippen LogP contribution < -0.4 is 4.73 Å². The fraction of sp³-hybridized carbons (Fsp3) is 0.222. The van der Waals surface area contributed by atoms with Crippen LogP contribution in [0.4, 0.5) is 0 Å². The van der Waals surface area contributed by atoms with Crippen molar-refractivity contribution in [3.63, 3.8) is 0 Å². The fourth-order valence-corrected chi connectivity index (χ4v) is 1.95. The quantitative estimate of drug-likeness (QED) is 0.378. The summed E-state index contributed by atoms with van der Waals surface area (Å²) in [6, 6.07) is 14.6. The highest BCUT2D eigenvalue weighted by Crippen LogP contribution is 2.15. The second-order valence-corrected chi connectivity index (χ2v) is 5.86. The van der Waals surface area contributed by atoms with Crippen LogP contribution in [0.5, 0.6) is 0 Å². The highest BCUT2D eigenvalue weighted by atomic mass is 16.6. The predicted molar refractivity (Wildman–Crippen MR) is 85.7 cm³/mol. The van der Waals surface area contributed by atoms with E-state index in [9.17, 15) is 10.0 Å². The number of aromatic nitrogens is 1. The smallest absolute Gasteiger partial charge is 0.331 e. The zero-order valence-corrected chi connectivity index (χ0v) is 12.9. The van der Waals surface area contributed by atoms with Crippen LogP contribution in [0.15, 0.2) is 54.6 Å². The van der Waals surface area contributed by atoms with Crippen molar-refractivity contribution in [2.45, 2.75) is 26.4 Å². The second-order valence-electron chi connectivity index (χ2n) is 5.86. The molecule has 0 aliphatic heterocycles. The second kappa shape index (κ2) is 6.43. The van der Waals surface area contributed by atoms with Crippen molar-refractivity contribution < 1.29 is 14.3 Å². The van der Waals surface area contributed by atoms with E-state index in [1.54, 1.807) is 39.0 Å². The summed E-state index contributed by atoms with van der Waals surface area (Å²) in [5, 5.41) is 12.4. The SMILES string of the molecule is CC(C)(C)OC(=O)/C=C/c1cccc(-c2ccccc2)[n+]1[O-]. The van der Waals surface area contributed by atoms with E-state index < -0.39 is 11.6 Å². The minimum absolute atomic E-state index is 0.382. The van der Waals surface area contributed by atoms with Gasteiger partial charge in [0.2, 0.25) is 11.4 Å². The number of benzene rings is 1. The first kappa shape index (κ1) is 15.8. The van der Waals surface area contributed by atoms with Crippen molar-refractivity contribution in [2.24, 2.45) is 0 Å². The highest BCUT2D eigenvalue weighted by Gasteiger charge is 2.15. The first-order valence-electron chi connectivity index (χ1n) is 7.06. The van der Waals surface area contributed by atoms with Gasteiger partial charge in [0, 0.05) is 29.8 Å². The Hall–Kier alpha value is -2.62. The molecule has 0 atom stereocenters. The number of ether oxygens (including phenoxy) is 1. The van der Waals surface area contributed by atoms with Crippen LogP contribution in [0.2, 0.25) is 0 Å². The summed E-state index contributed by atoms with van der Waals surface area (Å²) in [6.45, 7) is 5.38. The summed E-state index contributed by atoms with van der Waals surface area (Å²) in [7, 11) is 0. The third-order valence-corrected chi connectivity index (χ3v) is 2.84. The van der Waals surface area contributed by atoms with Crippen molar-refractivity contribution in [1.82, 2.24) is 0 Å². The van der Waals surface area contributed by atoms with E-state index in [1.807, 2.05) is 30.3 Å². The molecule has 0 fully saturated rings. The molecule has 22 heavy (non-hydrogen) atoms. The Balaban J connectivity index is 2.25. The molecule has 1 heterocycles. The maximum Gasteiger partial charge on any atom is 0.331 e. The topological polar surface area (TPSA) is 53.2 Å². The van der Waals surface area contributed by atoms with E-state index in [-0.39, 0.29) is 0 Å². The monoisotopic (exact) mass is 297 g/mol. The number of pyridine rings is 1. The van der Waals surface area contributed by atoms with Gasteiger partial charge in [-0.15, -0.1) is 0 Å². The predicted octanol–water partition coefficient (Wildman–Crippen LogP) is 3.34. The van der Waals surface area contributed by atoms with Crippen LogP contribution in [-0.4, -0.2) is 11.6 Å². The van der Waals surface area contributed by atoms with E-state index in [2.05, 4.69) is 0 Å². The van der Waals surface area contributed by atoms with Gasteiger partial charge in [-0.3, -0.25) is 0 Å². The third kappa shape index (κ3) is 4.19. The van der Waals surface area contributed by atoms with Gasteiger partial charge in [0.1, 0.15) is 5.60 Å². The number of hydrogen-bond acceptors (Lipinski definition) is 3. The van der Waals surface area contributed by atoms with Gasteiger partial charge < -0.3 is 9.94 Å². The van der Waals surface area contributed by atoms with Crippen LogP contribution >= 0.6 is 0 Å². The minimum Gasteiger partial charge on any atom is -0.618 e. The highest BCUT2D eigenvalue weighted by molar-refractivity contribution is 5.86. The van der Waals surface area contributed by atoms with Gasteiger partial charge in [-0.05, 0) is 39.0 Å². The van der Waals surface area contributed by atoms with Crippen molar-refractivity contribution >= 4 is 12.0 Å². The van der Waals surface area contributed by atoms with Crippen LogP contribution in [0.1, 0.15) is 26.5 Å². The lowest BCUT2D eigenvalue weighted by atomic mass is 10.1. The number of rotatable bonds is 3. The van der Waals surface area contributed by atoms with Crippen molar-refractivity contribution in [3.8, 4) is 11.3 Å². The van der Waals surface area contributed by atoms with Gasteiger partial charge in [0.05, 0.1) is 0 Å². The van der Waals surface area contributed by atoms with E-state index in [4.69, 9.17) is 4.74 Å². The van der Waals surface area contributed by atoms with Crippen LogP contribution in [-0.2, 0) is 9.53 Å². The van der Waals surface area contributed by atoms with Crippen molar-refractivity contribution in [2.75, 3.05) is 0 Å². The lowest BCUT2D eigenvalue weighted by Crippen LogP contribution is -2.32. The van der Waals surface area contributed by atoms with Crippen molar-refractivity contribution in [1.29, 1.82) is 0 Å². The van der Waals surface area contributed by atoms with E-state index >= 15 is 0 Å². The molecule has 0 radical (unpaired) electrons. The van der Waals surface area contributed by atoms with Crippen LogP contribution in [0.3, 0.4) is 0 Å². The van der Waals surface area contributed by atoms with E-state index in [0.717, 1.165) is 10.3 Å². The molecular weight excluding hydrogens is 278 g/mol. The Labute approximate surface area is 130 Å². The Morgan fingerprint density at radius 3 is 2.41 bits per heavy atom. The number of hydrogen-bond donors (Lipinski definition) is 0. The lowest BCUT2D eigenvalue weighted by Gasteiger charge is -2.17. The summed E-state index contributed by atoms with van der Waals surface area (Å²) in [5.41, 5.74) is 1.19. The molecule has 0 saturated heterocycles. The molecule has 2 aromatic rings. The summed E-state index contributed by atoms with van der Waals surface area (Å²) in [4.78, 5) is 11.7. The molecular formula is C18H19NO3. The molecule has 0 amide bonds.